The molecule has 1 N–H and O–H groups in total. The van der Waals surface area contributed by atoms with Gasteiger partial charge in [0.15, 0.2) is 0 Å². The van der Waals surface area contributed by atoms with E-state index in [9.17, 15) is 4.79 Å². The Morgan fingerprint density at radius 2 is 1.64 bits per heavy atom. The molecule has 28 heavy (non-hydrogen) atoms. The smallest absolute Gasteiger partial charge is 0.255 e. The van der Waals surface area contributed by atoms with Crippen molar-refractivity contribution in [3.63, 3.8) is 0 Å². The van der Waals surface area contributed by atoms with Crippen molar-refractivity contribution in [1.29, 1.82) is 0 Å². The van der Waals surface area contributed by atoms with Crippen molar-refractivity contribution in [2.45, 2.75) is 20.5 Å². The van der Waals surface area contributed by atoms with Gasteiger partial charge in [0.05, 0.1) is 5.69 Å². The van der Waals surface area contributed by atoms with Gasteiger partial charge in [-0.25, -0.2) is 4.98 Å². The SMILES string of the molecule is Cc1ccc(NC(=O)c2ccc(OCc3cn4cc(C)ccc4n3)cc2)cc1. The van der Waals surface area contributed by atoms with Crippen molar-refractivity contribution in [1.82, 2.24) is 9.38 Å². The average Bonchev–Trinajstić information content (AvgIpc) is 3.10. The molecule has 0 aliphatic heterocycles. The molecule has 0 spiro atoms. The largest absolute Gasteiger partial charge is 0.487 e. The molecule has 0 atom stereocenters. The van der Waals surface area contributed by atoms with E-state index >= 15 is 0 Å². The van der Waals surface area contributed by atoms with E-state index in [0.29, 0.717) is 17.9 Å². The van der Waals surface area contributed by atoms with Crippen LogP contribution < -0.4 is 10.1 Å². The van der Waals surface area contributed by atoms with Crippen molar-refractivity contribution in [3.05, 3.63) is 95.4 Å². The van der Waals surface area contributed by atoms with Gasteiger partial charge in [-0.2, -0.15) is 0 Å². The van der Waals surface area contributed by atoms with E-state index in [1.165, 1.54) is 5.56 Å². The number of hydrogen-bond donors (Lipinski definition) is 1. The zero-order valence-electron chi connectivity index (χ0n) is 15.8. The molecule has 0 aliphatic carbocycles. The number of benzene rings is 2. The predicted octanol–water partition coefficient (Wildman–Crippen LogP) is 4.78. The Morgan fingerprint density at radius 3 is 2.39 bits per heavy atom. The Labute approximate surface area is 163 Å². The Hall–Kier alpha value is -3.60. The predicted molar refractivity (Wildman–Crippen MR) is 110 cm³/mol. The zero-order valence-corrected chi connectivity index (χ0v) is 15.8. The van der Waals surface area contributed by atoms with Gasteiger partial charge in [-0.1, -0.05) is 23.8 Å². The standard InChI is InChI=1S/C23H21N3O2/c1-16-3-8-19(9-4-16)25-23(27)18-6-10-21(11-7-18)28-15-20-14-26-13-17(2)5-12-22(26)24-20/h3-14H,15H2,1-2H3,(H,25,27). The molecule has 0 radical (unpaired) electrons. The monoisotopic (exact) mass is 371 g/mol. The summed E-state index contributed by atoms with van der Waals surface area (Å²) in [4.78, 5) is 16.9. The van der Waals surface area contributed by atoms with Gasteiger partial charge >= 0.3 is 0 Å². The van der Waals surface area contributed by atoms with Crippen molar-refractivity contribution in [2.24, 2.45) is 0 Å². The van der Waals surface area contributed by atoms with Crippen LogP contribution in [0.5, 0.6) is 5.75 Å². The molecule has 2 aromatic heterocycles. The van der Waals surface area contributed by atoms with Crippen LogP contribution in [0.3, 0.4) is 0 Å². The van der Waals surface area contributed by atoms with Crippen LogP contribution >= 0.6 is 0 Å². The Kier molecular flexibility index (Phi) is 4.81. The summed E-state index contributed by atoms with van der Waals surface area (Å²) < 4.78 is 7.80. The fourth-order valence-electron chi connectivity index (χ4n) is 2.93. The van der Waals surface area contributed by atoms with Crippen molar-refractivity contribution >= 4 is 17.2 Å². The van der Waals surface area contributed by atoms with Crippen molar-refractivity contribution in [3.8, 4) is 5.75 Å². The lowest BCUT2D eigenvalue weighted by molar-refractivity contribution is 0.102. The number of carbonyl (C=O) groups excluding carboxylic acids is 1. The van der Waals surface area contributed by atoms with Gasteiger partial charge in [0.2, 0.25) is 0 Å². The Bertz CT molecular complexity index is 1110. The quantitative estimate of drug-likeness (QED) is 0.549. The van der Waals surface area contributed by atoms with Gasteiger partial charge in [-0.15, -0.1) is 0 Å². The number of nitrogens with zero attached hydrogens (tertiary/aromatic N) is 2. The van der Waals surface area contributed by atoms with Crippen LogP contribution in [0.25, 0.3) is 5.65 Å². The van der Waals surface area contributed by atoms with Gasteiger partial charge in [0.25, 0.3) is 5.91 Å². The highest BCUT2D eigenvalue weighted by Crippen LogP contribution is 2.16. The average molecular weight is 371 g/mol. The minimum absolute atomic E-state index is 0.147. The number of hydrogen-bond acceptors (Lipinski definition) is 3. The molecular weight excluding hydrogens is 350 g/mol. The number of fused-ring (bicyclic) bond motifs is 1. The second-order valence-electron chi connectivity index (χ2n) is 6.84. The summed E-state index contributed by atoms with van der Waals surface area (Å²) in [6, 6.07) is 18.8. The number of imidazole rings is 1. The molecule has 0 fully saturated rings. The highest BCUT2D eigenvalue weighted by molar-refractivity contribution is 6.04. The van der Waals surface area contributed by atoms with Gasteiger partial charge in [0.1, 0.15) is 18.0 Å². The van der Waals surface area contributed by atoms with Crippen LogP contribution in [0.15, 0.2) is 73.1 Å². The molecule has 0 bridgehead atoms. The summed E-state index contributed by atoms with van der Waals surface area (Å²) in [5, 5.41) is 2.89. The molecule has 2 heterocycles. The van der Waals surface area contributed by atoms with E-state index in [-0.39, 0.29) is 5.91 Å². The third kappa shape index (κ3) is 4.04. The van der Waals surface area contributed by atoms with E-state index < -0.39 is 0 Å². The highest BCUT2D eigenvalue weighted by Gasteiger charge is 2.07. The number of aryl methyl sites for hydroxylation is 2. The van der Waals surface area contributed by atoms with Crippen molar-refractivity contribution < 1.29 is 9.53 Å². The molecule has 5 heteroatoms. The fraction of sp³-hybridized carbons (Fsp3) is 0.130. The molecule has 4 aromatic rings. The van der Waals surface area contributed by atoms with Crippen LogP contribution in [0, 0.1) is 13.8 Å². The third-order valence-corrected chi connectivity index (χ3v) is 4.46. The first-order valence-electron chi connectivity index (χ1n) is 9.12. The first kappa shape index (κ1) is 17.8. The summed E-state index contributed by atoms with van der Waals surface area (Å²) in [6.07, 6.45) is 4.00. The summed E-state index contributed by atoms with van der Waals surface area (Å²) in [7, 11) is 0. The first-order chi connectivity index (χ1) is 13.6. The maximum absolute atomic E-state index is 12.4. The second kappa shape index (κ2) is 7.56. The third-order valence-electron chi connectivity index (χ3n) is 4.46. The van der Waals surface area contributed by atoms with E-state index in [2.05, 4.69) is 10.3 Å². The molecular formula is C23H21N3O2. The maximum Gasteiger partial charge on any atom is 0.255 e. The topological polar surface area (TPSA) is 55.6 Å². The molecule has 5 nitrogen and oxygen atoms in total. The minimum atomic E-state index is -0.147. The summed E-state index contributed by atoms with van der Waals surface area (Å²) in [6.45, 7) is 4.43. The molecule has 140 valence electrons. The number of aromatic nitrogens is 2. The van der Waals surface area contributed by atoms with Gasteiger partial charge in [0, 0.05) is 23.6 Å². The van der Waals surface area contributed by atoms with Crippen molar-refractivity contribution in [2.75, 3.05) is 5.32 Å². The van der Waals surface area contributed by atoms with Gasteiger partial charge in [-0.05, 0) is 61.9 Å². The number of pyridine rings is 1. The van der Waals surface area contributed by atoms with E-state index in [0.717, 1.165) is 22.6 Å². The zero-order chi connectivity index (χ0) is 19.5. The van der Waals surface area contributed by atoms with E-state index in [1.807, 2.05) is 67.0 Å². The molecule has 0 saturated carbocycles. The lowest BCUT2D eigenvalue weighted by Crippen LogP contribution is -2.11. The fourth-order valence-corrected chi connectivity index (χ4v) is 2.93. The number of nitrogens with one attached hydrogen (secondary N) is 1. The number of ether oxygens (including phenoxy) is 1. The Balaban J connectivity index is 1.38. The van der Waals surface area contributed by atoms with Gasteiger partial charge in [-0.3, -0.25) is 4.79 Å². The van der Waals surface area contributed by atoms with Crippen LogP contribution in [-0.4, -0.2) is 15.3 Å². The number of anilines is 1. The molecule has 0 unspecified atom stereocenters. The van der Waals surface area contributed by atoms with E-state index in [1.54, 1.807) is 24.3 Å². The number of rotatable bonds is 5. The summed E-state index contributed by atoms with van der Waals surface area (Å²) >= 11 is 0. The lowest BCUT2D eigenvalue weighted by atomic mass is 10.2. The number of carbonyl (C=O) groups is 1. The van der Waals surface area contributed by atoms with Crippen LogP contribution in [0.1, 0.15) is 27.2 Å². The summed E-state index contributed by atoms with van der Waals surface area (Å²) in [5.74, 6) is 0.547. The number of amides is 1. The molecule has 1 amide bonds. The Morgan fingerprint density at radius 1 is 0.929 bits per heavy atom. The highest BCUT2D eigenvalue weighted by atomic mass is 16.5. The second-order valence-corrected chi connectivity index (χ2v) is 6.84. The maximum atomic E-state index is 12.4. The molecule has 4 rings (SSSR count). The normalized spacial score (nSPS) is 10.8. The van der Waals surface area contributed by atoms with Crippen LogP contribution in [0.2, 0.25) is 0 Å². The lowest BCUT2D eigenvalue weighted by Gasteiger charge is -2.07. The first-order valence-corrected chi connectivity index (χ1v) is 9.12. The molecule has 0 aliphatic rings. The van der Waals surface area contributed by atoms with E-state index in [4.69, 9.17) is 4.74 Å². The summed E-state index contributed by atoms with van der Waals surface area (Å²) in [5.41, 5.74) is 5.44. The molecule has 0 saturated heterocycles. The molecule has 2 aromatic carbocycles. The van der Waals surface area contributed by atoms with Crippen LogP contribution in [0.4, 0.5) is 5.69 Å². The minimum Gasteiger partial charge on any atom is -0.487 e. The van der Waals surface area contributed by atoms with Gasteiger partial charge < -0.3 is 14.5 Å². The van der Waals surface area contributed by atoms with Crippen LogP contribution in [-0.2, 0) is 6.61 Å².